The summed E-state index contributed by atoms with van der Waals surface area (Å²) in [4.78, 5) is 25.6. The summed E-state index contributed by atoms with van der Waals surface area (Å²) in [7, 11) is 3.43. The molecule has 2 heterocycles. The minimum absolute atomic E-state index is 0.00308. The van der Waals surface area contributed by atoms with E-state index < -0.39 is 35.9 Å². The summed E-state index contributed by atoms with van der Waals surface area (Å²) in [5.41, 5.74) is -1.51. The average Bonchev–Trinajstić information content (AvgIpc) is 2.83. The monoisotopic (exact) mass is 538 g/mol. The minimum atomic E-state index is -4.99. The number of halogens is 6. The third-order valence-electron chi connectivity index (χ3n) is 6.00. The fourth-order valence-electron chi connectivity index (χ4n) is 4.13. The van der Waals surface area contributed by atoms with Gasteiger partial charge in [0.25, 0.3) is 5.91 Å². The Kier molecular flexibility index (Phi) is 7.26. The van der Waals surface area contributed by atoms with Gasteiger partial charge in [-0.2, -0.15) is 31.3 Å². The van der Waals surface area contributed by atoms with E-state index in [2.05, 4.69) is 9.97 Å². The van der Waals surface area contributed by atoms with Crippen molar-refractivity contribution < 1.29 is 35.9 Å². The highest BCUT2D eigenvalue weighted by Gasteiger charge is 2.37. The van der Waals surface area contributed by atoms with E-state index in [1.807, 2.05) is 19.1 Å². The van der Waals surface area contributed by atoms with Crippen LogP contribution in [-0.4, -0.2) is 48.0 Å². The molecule has 2 aromatic carbocycles. The van der Waals surface area contributed by atoms with Crippen LogP contribution < -0.4 is 9.64 Å². The molecule has 0 spiro atoms. The standard InChI is InChI=1S/C26H24F6N4O2/c1-15-7-4-5-8-19(15)21-20-22(34-24(33-21)35(2)3)38-10-6-9-36(23(20)37)14-16-11-17(25(27,28)29)13-18(12-16)26(30,31)32/h4-5,7-8,11-13H,6,9-10,14H2,1-3H3. The number of alkyl halides is 6. The van der Waals surface area contributed by atoms with Crippen molar-refractivity contribution in [2.45, 2.75) is 32.2 Å². The molecule has 4 rings (SSSR count). The first kappa shape index (κ1) is 27.2. The van der Waals surface area contributed by atoms with Crippen molar-refractivity contribution in [1.82, 2.24) is 14.9 Å². The first-order valence-corrected chi connectivity index (χ1v) is 11.6. The van der Waals surface area contributed by atoms with Crippen molar-refractivity contribution in [2.75, 3.05) is 32.1 Å². The molecule has 0 fully saturated rings. The molecule has 1 aliphatic rings. The number of fused-ring (bicyclic) bond motifs is 1. The lowest BCUT2D eigenvalue weighted by atomic mass is 10.00. The van der Waals surface area contributed by atoms with Crippen molar-refractivity contribution in [3.63, 3.8) is 0 Å². The first-order chi connectivity index (χ1) is 17.8. The lowest BCUT2D eigenvalue weighted by Gasteiger charge is -2.28. The lowest BCUT2D eigenvalue weighted by Crippen LogP contribution is -2.35. The molecule has 1 aliphatic heterocycles. The van der Waals surface area contributed by atoms with Crippen LogP contribution in [0.25, 0.3) is 11.3 Å². The van der Waals surface area contributed by atoms with Gasteiger partial charge in [0.2, 0.25) is 11.8 Å². The lowest BCUT2D eigenvalue weighted by molar-refractivity contribution is -0.143. The fraction of sp³-hybridized carbons (Fsp3) is 0.346. The quantitative estimate of drug-likeness (QED) is 0.383. The molecule has 6 nitrogen and oxygen atoms in total. The zero-order valence-electron chi connectivity index (χ0n) is 20.7. The van der Waals surface area contributed by atoms with Crippen LogP contribution in [0.15, 0.2) is 42.5 Å². The number of ether oxygens (including phenoxy) is 1. The maximum Gasteiger partial charge on any atom is 0.416 e. The second-order valence-electron chi connectivity index (χ2n) is 9.10. The molecule has 3 aromatic rings. The molecule has 0 bridgehead atoms. The highest BCUT2D eigenvalue weighted by Crippen LogP contribution is 2.38. The molecule has 38 heavy (non-hydrogen) atoms. The number of carbonyl (C=O) groups excluding carboxylic acids is 1. The highest BCUT2D eigenvalue weighted by atomic mass is 19.4. The summed E-state index contributed by atoms with van der Waals surface area (Å²) in [5, 5.41) is 0. The second kappa shape index (κ2) is 10.1. The van der Waals surface area contributed by atoms with Crippen LogP contribution in [0.3, 0.4) is 0 Å². The van der Waals surface area contributed by atoms with Gasteiger partial charge in [-0.3, -0.25) is 4.79 Å². The Hall–Kier alpha value is -3.83. The Labute approximate surface area is 214 Å². The van der Waals surface area contributed by atoms with E-state index in [-0.39, 0.29) is 54.3 Å². The zero-order chi connectivity index (χ0) is 27.8. The van der Waals surface area contributed by atoms with E-state index in [0.717, 1.165) is 5.56 Å². The Balaban J connectivity index is 1.84. The molecule has 0 radical (unpaired) electrons. The number of hydrogen-bond donors (Lipinski definition) is 0. The smallest absolute Gasteiger partial charge is 0.416 e. The number of amides is 1. The van der Waals surface area contributed by atoms with Gasteiger partial charge in [0.15, 0.2) is 0 Å². The highest BCUT2D eigenvalue weighted by molar-refractivity contribution is 6.02. The number of aryl methyl sites for hydroxylation is 1. The van der Waals surface area contributed by atoms with Gasteiger partial charge in [-0.1, -0.05) is 24.3 Å². The van der Waals surface area contributed by atoms with Crippen molar-refractivity contribution in [1.29, 1.82) is 0 Å². The van der Waals surface area contributed by atoms with Gasteiger partial charge in [0.1, 0.15) is 5.56 Å². The Bertz CT molecular complexity index is 1320. The largest absolute Gasteiger partial charge is 0.477 e. The Morgan fingerprint density at radius 2 is 1.61 bits per heavy atom. The van der Waals surface area contributed by atoms with E-state index in [1.54, 1.807) is 31.1 Å². The summed E-state index contributed by atoms with van der Waals surface area (Å²) in [6.07, 6.45) is -9.70. The van der Waals surface area contributed by atoms with Crippen molar-refractivity contribution in [2.24, 2.45) is 0 Å². The van der Waals surface area contributed by atoms with Crippen LogP contribution >= 0.6 is 0 Å². The van der Waals surface area contributed by atoms with E-state index >= 15 is 0 Å². The van der Waals surface area contributed by atoms with E-state index in [9.17, 15) is 31.1 Å². The molecule has 0 saturated heterocycles. The van der Waals surface area contributed by atoms with Crippen LogP contribution in [0.2, 0.25) is 0 Å². The second-order valence-corrected chi connectivity index (χ2v) is 9.10. The van der Waals surface area contributed by atoms with E-state index in [1.165, 1.54) is 4.90 Å². The predicted molar refractivity (Wildman–Crippen MR) is 128 cm³/mol. The van der Waals surface area contributed by atoms with Gasteiger partial charge in [-0.25, -0.2) is 4.98 Å². The van der Waals surface area contributed by atoms with Crippen LogP contribution in [0.4, 0.5) is 32.3 Å². The maximum atomic E-state index is 13.9. The number of hydrogen-bond acceptors (Lipinski definition) is 5. The first-order valence-electron chi connectivity index (χ1n) is 11.6. The summed E-state index contributed by atoms with van der Waals surface area (Å²) < 4.78 is 86.2. The van der Waals surface area contributed by atoms with Gasteiger partial charge >= 0.3 is 12.4 Å². The van der Waals surface area contributed by atoms with Gasteiger partial charge in [0.05, 0.1) is 23.4 Å². The fourth-order valence-corrected chi connectivity index (χ4v) is 4.13. The van der Waals surface area contributed by atoms with Crippen LogP contribution in [0.1, 0.15) is 39.0 Å². The summed E-state index contributed by atoms with van der Waals surface area (Å²) in [5.74, 6) is -0.388. The number of rotatable bonds is 4. The summed E-state index contributed by atoms with van der Waals surface area (Å²) in [6.45, 7) is 1.52. The molecule has 0 unspecified atom stereocenters. The zero-order valence-corrected chi connectivity index (χ0v) is 20.7. The Morgan fingerprint density at radius 3 is 2.18 bits per heavy atom. The predicted octanol–water partition coefficient (Wildman–Crippen LogP) is 5.98. The van der Waals surface area contributed by atoms with Crippen LogP contribution in [-0.2, 0) is 18.9 Å². The molecule has 0 N–H and O–H groups in total. The number of anilines is 1. The average molecular weight is 538 g/mol. The van der Waals surface area contributed by atoms with E-state index in [0.29, 0.717) is 17.7 Å². The molecule has 0 atom stereocenters. The minimum Gasteiger partial charge on any atom is -0.477 e. The summed E-state index contributed by atoms with van der Waals surface area (Å²) in [6, 6.07) is 8.49. The molecule has 0 saturated carbocycles. The number of aromatic nitrogens is 2. The van der Waals surface area contributed by atoms with Gasteiger partial charge < -0.3 is 14.5 Å². The molecule has 202 valence electrons. The van der Waals surface area contributed by atoms with Crippen molar-refractivity contribution in [3.8, 4) is 17.1 Å². The third-order valence-corrected chi connectivity index (χ3v) is 6.00. The number of nitrogens with zero attached hydrogens (tertiary/aromatic N) is 4. The van der Waals surface area contributed by atoms with Gasteiger partial charge in [-0.05, 0) is 42.7 Å². The van der Waals surface area contributed by atoms with Crippen LogP contribution in [0, 0.1) is 6.92 Å². The van der Waals surface area contributed by atoms with Gasteiger partial charge in [-0.15, -0.1) is 0 Å². The maximum absolute atomic E-state index is 13.9. The molecule has 12 heteroatoms. The van der Waals surface area contributed by atoms with Crippen LogP contribution in [0.5, 0.6) is 5.88 Å². The van der Waals surface area contributed by atoms with Gasteiger partial charge in [0, 0.05) is 32.7 Å². The van der Waals surface area contributed by atoms with Crippen molar-refractivity contribution >= 4 is 11.9 Å². The topological polar surface area (TPSA) is 58.6 Å². The third kappa shape index (κ3) is 5.68. The number of carbonyl (C=O) groups is 1. The SMILES string of the molecule is Cc1ccccc1-c1nc(N(C)C)nc2c1C(=O)N(Cc1cc(C(F)(F)F)cc(C(F)(F)F)c1)CCCO2. The molecular weight excluding hydrogens is 514 g/mol. The summed E-state index contributed by atoms with van der Waals surface area (Å²) >= 11 is 0. The molecule has 1 aromatic heterocycles. The normalized spacial score (nSPS) is 14.4. The number of benzene rings is 2. The van der Waals surface area contributed by atoms with Crippen molar-refractivity contribution in [3.05, 3.63) is 70.3 Å². The molecular formula is C26H24F6N4O2. The Morgan fingerprint density at radius 1 is 0.974 bits per heavy atom. The van der Waals surface area contributed by atoms with E-state index in [4.69, 9.17) is 4.74 Å². The molecule has 0 aliphatic carbocycles. The molecule has 1 amide bonds.